The average molecular weight is 467 g/mol. The van der Waals surface area contributed by atoms with E-state index in [-0.39, 0.29) is 5.91 Å². The molecule has 3 aromatic heterocycles. The van der Waals surface area contributed by atoms with Crippen LogP contribution in [0.4, 0.5) is 0 Å². The number of thiophene rings is 2. The molecular formula is C20H23ClN4O3S2. The van der Waals surface area contributed by atoms with Crippen molar-refractivity contribution in [2.24, 2.45) is 0 Å². The van der Waals surface area contributed by atoms with Gasteiger partial charge >= 0.3 is 0 Å². The first-order valence-corrected chi connectivity index (χ1v) is 11.6. The molecule has 7 nitrogen and oxygen atoms in total. The number of amides is 1. The third kappa shape index (κ3) is 4.31. The number of hydrogen-bond acceptors (Lipinski definition) is 8. The standard InChI is InChI=1S/C20H23ClN4O3S2/c1-12-16-18(28-3)22-15(11-27-2)23-19(16)30-17(12)20(26)25-8-6-24(7-9-25)10-13-4-5-14(21)29-13/h4-5H,6-11H2,1-3H3. The van der Waals surface area contributed by atoms with Crippen molar-refractivity contribution in [3.05, 3.63) is 37.6 Å². The maximum atomic E-state index is 13.3. The number of fused-ring (bicyclic) bond motifs is 1. The van der Waals surface area contributed by atoms with Crippen molar-refractivity contribution < 1.29 is 14.3 Å². The Morgan fingerprint density at radius 3 is 2.57 bits per heavy atom. The second kappa shape index (κ2) is 9.15. The zero-order valence-electron chi connectivity index (χ0n) is 17.1. The molecule has 1 aliphatic rings. The molecule has 0 aromatic carbocycles. The molecule has 30 heavy (non-hydrogen) atoms. The van der Waals surface area contributed by atoms with Crippen LogP contribution in [0.15, 0.2) is 12.1 Å². The van der Waals surface area contributed by atoms with Gasteiger partial charge in [0.1, 0.15) is 11.4 Å². The summed E-state index contributed by atoms with van der Waals surface area (Å²) in [5, 5.41) is 0.805. The zero-order chi connectivity index (χ0) is 21.3. The number of carbonyl (C=O) groups is 1. The summed E-state index contributed by atoms with van der Waals surface area (Å²) >= 11 is 9.04. The van der Waals surface area contributed by atoms with Gasteiger partial charge in [0.2, 0.25) is 5.88 Å². The van der Waals surface area contributed by atoms with E-state index in [0.29, 0.717) is 36.3 Å². The molecule has 0 unspecified atom stereocenters. The molecule has 0 bridgehead atoms. The van der Waals surface area contributed by atoms with Crippen molar-refractivity contribution in [1.82, 2.24) is 19.8 Å². The van der Waals surface area contributed by atoms with Crippen LogP contribution in [0.1, 0.15) is 25.9 Å². The third-order valence-corrected chi connectivity index (χ3v) is 7.52. The van der Waals surface area contributed by atoms with E-state index in [1.807, 2.05) is 17.9 Å². The van der Waals surface area contributed by atoms with Crippen LogP contribution < -0.4 is 4.74 Å². The summed E-state index contributed by atoms with van der Waals surface area (Å²) in [6.07, 6.45) is 0. The number of ether oxygens (including phenoxy) is 2. The van der Waals surface area contributed by atoms with Gasteiger partial charge in [-0.05, 0) is 24.6 Å². The Bertz CT molecular complexity index is 1060. The summed E-state index contributed by atoms with van der Waals surface area (Å²) in [6, 6.07) is 4.00. The van der Waals surface area contributed by atoms with E-state index in [1.165, 1.54) is 16.2 Å². The molecule has 0 N–H and O–H groups in total. The van der Waals surface area contributed by atoms with E-state index in [4.69, 9.17) is 21.1 Å². The van der Waals surface area contributed by atoms with Gasteiger partial charge in [0, 0.05) is 44.7 Å². The van der Waals surface area contributed by atoms with Crippen LogP contribution >= 0.6 is 34.3 Å². The van der Waals surface area contributed by atoms with Crippen molar-refractivity contribution in [2.75, 3.05) is 40.4 Å². The van der Waals surface area contributed by atoms with Gasteiger partial charge < -0.3 is 14.4 Å². The lowest BCUT2D eigenvalue weighted by Gasteiger charge is -2.34. The van der Waals surface area contributed by atoms with E-state index in [2.05, 4.69) is 20.9 Å². The normalized spacial score (nSPS) is 15.1. The Kier molecular flexibility index (Phi) is 6.54. The zero-order valence-corrected chi connectivity index (χ0v) is 19.5. The first-order chi connectivity index (χ1) is 14.5. The molecule has 1 amide bonds. The van der Waals surface area contributed by atoms with Gasteiger partial charge in [0.15, 0.2) is 5.82 Å². The Morgan fingerprint density at radius 1 is 1.17 bits per heavy atom. The number of halogens is 1. The first kappa shape index (κ1) is 21.5. The summed E-state index contributed by atoms with van der Waals surface area (Å²) in [5.74, 6) is 1.08. The van der Waals surface area contributed by atoms with Gasteiger partial charge in [-0.1, -0.05) is 11.6 Å². The highest BCUT2D eigenvalue weighted by Gasteiger charge is 2.27. The fourth-order valence-corrected chi connectivity index (χ4v) is 5.89. The lowest BCUT2D eigenvalue weighted by molar-refractivity contribution is 0.0634. The summed E-state index contributed by atoms with van der Waals surface area (Å²) < 4.78 is 11.4. The fraction of sp³-hybridized carbons (Fsp3) is 0.450. The smallest absolute Gasteiger partial charge is 0.264 e. The largest absolute Gasteiger partial charge is 0.480 e. The third-order valence-electron chi connectivity index (χ3n) is 5.13. The summed E-state index contributed by atoms with van der Waals surface area (Å²) in [7, 11) is 3.18. The van der Waals surface area contributed by atoms with Gasteiger partial charge in [0.25, 0.3) is 5.91 Å². The highest BCUT2D eigenvalue weighted by molar-refractivity contribution is 7.20. The van der Waals surface area contributed by atoms with Crippen molar-refractivity contribution in [3.63, 3.8) is 0 Å². The SMILES string of the molecule is COCc1nc(OC)c2c(C)c(C(=O)N3CCN(Cc4ccc(Cl)s4)CC3)sc2n1. The fourth-order valence-electron chi connectivity index (χ4n) is 3.60. The number of aromatic nitrogens is 2. The Hall–Kier alpha value is -1.78. The maximum absolute atomic E-state index is 13.3. The second-order valence-corrected chi connectivity index (χ2v) is 9.89. The molecule has 0 radical (unpaired) electrons. The van der Waals surface area contributed by atoms with Gasteiger partial charge in [-0.15, -0.1) is 22.7 Å². The van der Waals surface area contributed by atoms with Gasteiger partial charge in [-0.3, -0.25) is 9.69 Å². The molecule has 0 aliphatic carbocycles. The van der Waals surface area contributed by atoms with Crippen molar-refractivity contribution in [3.8, 4) is 5.88 Å². The quantitative estimate of drug-likeness (QED) is 0.550. The Labute approximate surface area is 188 Å². The van der Waals surface area contributed by atoms with Crippen molar-refractivity contribution >= 4 is 50.4 Å². The van der Waals surface area contributed by atoms with E-state index < -0.39 is 0 Å². The molecule has 1 aliphatic heterocycles. The molecular weight excluding hydrogens is 444 g/mol. The highest BCUT2D eigenvalue weighted by Crippen LogP contribution is 2.36. The van der Waals surface area contributed by atoms with Gasteiger partial charge in [-0.2, -0.15) is 4.98 Å². The average Bonchev–Trinajstić information content (AvgIpc) is 3.30. The summed E-state index contributed by atoms with van der Waals surface area (Å²) in [4.78, 5) is 29.2. The molecule has 4 rings (SSSR count). The number of piperazine rings is 1. The minimum atomic E-state index is 0.0460. The topological polar surface area (TPSA) is 67.8 Å². The minimum Gasteiger partial charge on any atom is -0.480 e. The van der Waals surface area contributed by atoms with E-state index in [1.54, 1.807) is 25.6 Å². The van der Waals surface area contributed by atoms with Crippen LogP contribution in [-0.4, -0.2) is 66.1 Å². The van der Waals surface area contributed by atoms with E-state index >= 15 is 0 Å². The monoisotopic (exact) mass is 466 g/mol. The molecule has 0 spiro atoms. The molecule has 160 valence electrons. The lowest BCUT2D eigenvalue weighted by Crippen LogP contribution is -2.48. The number of carbonyl (C=O) groups excluding carboxylic acids is 1. The molecule has 3 aromatic rings. The molecule has 1 fully saturated rings. The van der Waals surface area contributed by atoms with Crippen LogP contribution in [0.25, 0.3) is 10.2 Å². The minimum absolute atomic E-state index is 0.0460. The van der Waals surface area contributed by atoms with E-state index in [0.717, 1.165) is 39.8 Å². The molecule has 0 saturated carbocycles. The number of hydrogen-bond donors (Lipinski definition) is 0. The summed E-state index contributed by atoms with van der Waals surface area (Å²) in [5.41, 5.74) is 0.872. The second-order valence-electron chi connectivity index (χ2n) is 7.09. The van der Waals surface area contributed by atoms with Crippen LogP contribution in [-0.2, 0) is 17.9 Å². The predicted molar refractivity (Wildman–Crippen MR) is 120 cm³/mol. The number of rotatable bonds is 6. The summed E-state index contributed by atoms with van der Waals surface area (Å²) in [6.45, 7) is 6.18. The molecule has 1 saturated heterocycles. The van der Waals surface area contributed by atoms with Crippen LogP contribution in [0.3, 0.4) is 0 Å². The lowest BCUT2D eigenvalue weighted by atomic mass is 10.2. The number of aryl methyl sites for hydroxylation is 1. The van der Waals surface area contributed by atoms with E-state index in [9.17, 15) is 4.79 Å². The molecule has 0 atom stereocenters. The maximum Gasteiger partial charge on any atom is 0.264 e. The molecule has 4 heterocycles. The number of methoxy groups -OCH3 is 2. The molecule has 10 heteroatoms. The predicted octanol–water partition coefficient (Wildman–Crippen LogP) is 3.83. The van der Waals surface area contributed by atoms with Crippen molar-refractivity contribution in [2.45, 2.75) is 20.1 Å². The van der Waals surface area contributed by atoms with Crippen LogP contribution in [0.2, 0.25) is 4.34 Å². The van der Waals surface area contributed by atoms with Crippen LogP contribution in [0.5, 0.6) is 5.88 Å². The number of nitrogens with zero attached hydrogens (tertiary/aromatic N) is 4. The van der Waals surface area contributed by atoms with Gasteiger partial charge in [0.05, 0.1) is 21.7 Å². The first-order valence-electron chi connectivity index (χ1n) is 9.59. The highest BCUT2D eigenvalue weighted by atomic mass is 35.5. The van der Waals surface area contributed by atoms with Crippen LogP contribution in [0, 0.1) is 6.92 Å². The van der Waals surface area contributed by atoms with Crippen molar-refractivity contribution in [1.29, 1.82) is 0 Å². The van der Waals surface area contributed by atoms with Gasteiger partial charge in [-0.25, -0.2) is 4.98 Å². The Balaban J connectivity index is 1.50. The Morgan fingerprint density at radius 2 is 1.93 bits per heavy atom.